The first-order chi connectivity index (χ1) is 10.1. The first kappa shape index (κ1) is 17.9. The minimum atomic E-state index is -0.695. The van der Waals surface area contributed by atoms with Crippen molar-refractivity contribution in [2.75, 3.05) is 0 Å². The highest BCUT2D eigenvalue weighted by molar-refractivity contribution is 5.94. The molecule has 21 heavy (non-hydrogen) atoms. The van der Waals surface area contributed by atoms with Crippen LogP contribution in [0.25, 0.3) is 0 Å². The number of unbranched alkanes of at least 4 members (excludes halogenated alkanes) is 6. The number of aliphatic carboxylic acids is 1. The fourth-order valence-electron chi connectivity index (χ4n) is 3.14. The van der Waals surface area contributed by atoms with Gasteiger partial charge in [-0.2, -0.15) is 0 Å². The molecule has 3 nitrogen and oxygen atoms in total. The lowest BCUT2D eigenvalue weighted by molar-refractivity contribution is -0.137. The SMILES string of the molecule is CCCCC[C@H]1C(=O)C=C[C@H]1CCCCCCCC(=O)O. The minimum absolute atomic E-state index is 0.239. The molecular weight excluding hydrogens is 264 g/mol. The second-order valence-corrected chi connectivity index (χ2v) is 6.23. The van der Waals surface area contributed by atoms with Gasteiger partial charge in [-0.05, 0) is 31.3 Å². The highest BCUT2D eigenvalue weighted by Gasteiger charge is 2.28. The van der Waals surface area contributed by atoms with E-state index in [1.807, 2.05) is 0 Å². The van der Waals surface area contributed by atoms with E-state index in [0.717, 1.165) is 44.9 Å². The van der Waals surface area contributed by atoms with Gasteiger partial charge in [-0.1, -0.05) is 57.9 Å². The molecule has 3 heteroatoms. The molecule has 0 heterocycles. The van der Waals surface area contributed by atoms with Crippen molar-refractivity contribution in [3.8, 4) is 0 Å². The summed E-state index contributed by atoms with van der Waals surface area (Å²) in [5.41, 5.74) is 0. The predicted molar refractivity (Wildman–Crippen MR) is 85.2 cm³/mol. The Kier molecular flexibility index (Phi) is 9.04. The van der Waals surface area contributed by atoms with E-state index in [-0.39, 0.29) is 5.92 Å². The zero-order valence-corrected chi connectivity index (χ0v) is 13.4. The fourth-order valence-corrected chi connectivity index (χ4v) is 3.14. The summed E-state index contributed by atoms with van der Waals surface area (Å²) in [6.45, 7) is 2.19. The van der Waals surface area contributed by atoms with Gasteiger partial charge in [0.1, 0.15) is 0 Å². The van der Waals surface area contributed by atoms with E-state index >= 15 is 0 Å². The Morgan fingerprint density at radius 2 is 1.71 bits per heavy atom. The van der Waals surface area contributed by atoms with Gasteiger partial charge in [-0.25, -0.2) is 0 Å². The van der Waals surface area contributed by atoms with Gasteiger partial charge in [0.2, 0.25) is 0 Å². The topological polar surface area (TPSA) is 54.4 Å². The number of ketones is 1. The molecule has 0 amide bonds. The van der Waals surface area contributed by atoms with Crippen LogP contribution in [0.3, 0.4) is 0 Å². The molecular formula is C18H30O3. The molecule has 1 aliphatic carbocycles. The molecule has 0 aromatic rings. The zero-order chi connectivity index (χ0) is 15.5. The quantitative estimate of drug-likeness (QED) is 0.528. The molecule has 1 aliphatic rings. The summed E-state index contributed by atoms with van der Waals surface area (Å²) < 4.78 is 0. The van der Waals surface area contributed by atoms with Gasteiger partial charge in [-0.3, -0.25) is 9.59 Å². The first-order valence-electron chi connectivity index (χ1n) is 8.59. The largest absolute Gasteiger partial charge is 0.481 e. The molecule has 0 aliphatic heterocycles. The van der Waals surface area contributed by atoms with Crippen molar-refractivity contribution in [1.29, 1.82) is 0 Å². The van der Waals surface area contributed by atoms with E-state index in [9.17, 15) is 9.59 Å². The van der Waals surface area contributed by atoms with Crippen molar-refractivity contribution in [3.63, 3.8) is 0 Å². The number of allylic oxidation sites excluding steroid dienone is 2. The van der Waals surface area contributed by atoms with Crippen LogP contribution in [-0.4, -0.2) is 16.9 Å². The van der Waals surface area contributed by atoms with Crippen molar-refractivity contribution >= 4 is 11.8 Å². The summed E-state index contributed by atoms with van der Waals surface area (Å²) in [7, 11) is 0. The van der Waals surface area contributed by atoms with Gasteiger partial charge in [0.15, 0.2) is 5.78 Å². The number of carbonyl (C=O) groups is 2. The van der Waals surface area contributed by atoms with Crippen molar-refractivity contribution in [2.45, 2.75) is 77.6 Å². The van der Waals surface area contributed by atoms with E-state index in [0.29, 0.717) is 18.1 Å². The molecule has 0 unspecified atom stereocenters. The molecule has 0 radical (unpaired) electrons. The summed E-state index contributed by atoms with van der Waals surface area (Å²) in [6, 6.07) is 0. The molecule has 0 aromatic heterocycles. The lowest BCUT2D eigenvalue weighted by atomic mass is 9.86. The van der Waals surface area contributed by atoms with Crippen molar-refractivity contribution in [2.24, 2.45) is 11.8 Å². The van der Waals surface area contributed by atoms with E-state index in [1.165, 1.54) is 19.3 Å². The Morgan fingerprint density at radius 1 is 1.05 bits per heavy atom. The van der Waals surface area contributed by atoms with Crippen LogP contribution in [0, 0.1) is 11.8 Å². The third kappa shape index (κ3) is 7.45. The molecule has 0 bridgehead atoms. The summed E-state index contributed by atoms with van der Waals surface area (Å²) >= 11 is 0. The van der Waals surface area contributed by atoms with Gasteiger partial charge >= 0.3 is 5.97 Å². The smallest absolute Gasteiger partial charge is 0.303 e. The van der Waals surface area contributed by atoms with Crippen molar-refractivity contribution < 1.29 is 14.7 Å². The van der Waals surface area contributed by atoms with E-state index in [1.54, 1.807) is 6.08 Å². The van der Waals surface area contributed by atoms with Crippen LogP contribution in [0.4, 0.5) is 0 Å². The molecule has 120 valence electrons. The van der Waals surface area contributed by atoms with E-state index < -0.39 is 5.97 Å². The van der Waals surface area contributed by atoms with Gasteiger partial charge in [-0.15, -0.1) is 0 Å². The number of hydrogen-bond acceptors (Lipinski definition) is 2. The number of carboxylic acid groups (broad SMARTS) is 1. The van der Waals surface area contributed by atoms with E-state index in [4.69, 9.17) is 5.11 Å². The number of rotatable bonds is 12. The molecule has 0 fully saturated rings. The van der Waals surface area contributed by atoms with Crippen molar-refractivity contribution in [1.82, 2.24) is 0 Å². The Balaban J connectivity index is 2.11. The van der Waals surface area contributed by atoms with Gasteiger partial charge < -0.3 is 5.11 Å². The standard InChI is InChI=1S/C18H30O3/c1-2-3-7-11-16-15(13-14-17(16)19)10-8-5-4-6-9-12-18(20)21/h13-16H,2-12H2,1H3,(H,20,21)/t15-,16-/m1/s1. The lowest BCUT2D eigenvalue weighted by Gasteiger charge is -2.17. The Hall–Kier alpha value is -1.12. The maximum absolute atomic E-state index is 11.9. The first-order valence-corrected chi connectivity index (χ1v) is 8.59. The highest BCUT2D eigenvalue weighted by atomic mass is 16.4. The molecule has 1 rings (SSSR count). The second kappa shape index (κ2) is 10.6. The average molecular weight is 294 g/mol. The minimum Gasteiger partial charge on any atom is -0.481 e. The monoisotopic (exact) mass is 294 g/mol. The molecule has 0 saturated heterocycles. The van der Waals surface area contributed by atoms with Crippen LogP contribution in [0.2, 0.25) is 0 Å². The van der Waals surface area contributed by atoms with Crippen LogP contribution in [0.1, 0.15) is 77.6 Å². The molecule has 0 saturated carbocycles. The predicted octanol–water partition coefficient (Wildman–Crippen LogP) is 4.75. The average Bonchev–Trinajstić information content (AvgIpc) is 2.79. The van der Waals surface area contributed by atoms with E-state index in [2.05, 4.69) is 13.0 Å². The van der Waals surface area contributed by atoms with Gasteiger partial charge in [0.05, 0.1) is 0 Å². The van der Waals surface area contributed by atoms with Crippen LogP contribution in [-0.2, 0) is 9.59 Å². The maximum Gasteiger partial charge on any atom is 0.303 e. The van der Waals surface area contributed by atoms with Crippen LogP contribution >= 0.6 is 0 Å². The van der Waals surface area contributed by atoms with Crippen LogP contribution in [0.5, 0.6) is 0 Å². The maximum atomic E-state index is 11.9. The number of carbonyl (C=O) groups excluding carboxylic acids is 1. The molecule has 1 N–H and O–H groups in total. The summed E-state index contributed by atoms with van der Waals surface area (Å²) in [5, 5.41) is 8.56. The Bertz CT molecular complexity index is 346. The third-order valence-electron chi connectivity index (χ3n) is 4.44. The third-order valence-corrected chi connectivity index (χ3v) is 4.44. The van der Waals surface area contributed by atoms with Gasteiger partial charge in [0.25, 0.3) is 0 Å². The highest BCUT2D eigenvalue weighted by Crippen LogP contribution is 2.31. The number of hydrogen-bond donors (Lipinski definition) is 1. The van der Waals surface area contributed by atoms with Crippen molar-refractivity contribution in [3.05, 3.63) is 12.2 Å². The number of carboxylic acids is 1. The Labute approximate surface area is 128 Å². The second-order valence-electron chi connectivity index (χ2n) is 6.23. The normalized spacial score (nSPS) is 21.1. The summed E-state index contributed by atoms with van der Waals surface area (Å²) in [6.07, 6.45) is 15.1. The zero-order valence-electron chi connectivity index (χ0n) is 13.4. The Morgan fingerprint density at radius 3 is 2.43 bits per heavy atom. The van der Waals surface area contributed by atoms with Crippen LogP contribution < -0.4 is 0 Å². The van der Waals surface area contributed by atoms with Gasteiger partial charge in [0, 0.05) is 12.3 Å². The molecule has 0 spiro atoms. The lowest BCUT2D eigenvalue weighted by Crippen LogP contribution is -2.16. The fraction of sp³-hybridized carbons (Fsp3) is 0.778. The molecule has 0 aromatic carbocycles. The molecule has 2 atom stereocenters. The van der Waals surface area contributed by atoms with Crippen LogP contribution in [0.15, 0.2) is 12.2 Å². The summed E-state index contributed by atoms with van der Waals surface area (Å²) in [4.78, 5) is 22.3. The summed E-state index contributed by atoms with van der Waals surface area (Å²) in [5.74, 6) is 0.328.